The van der Waals surface area contributed by atoms with E-state index in [1.807, 2.05) is 67.6 Å². The highest BCUT2D eigenvalue weighted by atomic mass is 32.2. The van der Waals surface area contributed by atoms with E-state index in [1.165, 1.54) is 17.3 Å². The summed E-state index contributed by atoms with van der Waals surface area (Å²) in [4.78, 5) is 21.5. The minimum Gasteiger partial charge on any atom is -0.325 e. The Morgan fingerprint density at radius 3 is 2.70 bits per heavy atom. The van der Waals surface area contributed by atoms with E-state index in [1.54, 1.807) is 12.3 Å². The van der Waals surface area contributed by atoms with Crippen molar-refractivity contribution in [2.45, 2.75) is 11.9 Å². The standard InChI is InChI=1S/C24H18N4OS/c1-16-7-9-17(10-8-16)20-12-11-18(14-25)24(28-20)30-15-23(29)27-22-6-2-5-21-19(22)4-3-13-26-21/h2-13H,15H2,1H3,(H,27,29). The Morgan fingerprint density at radius 1 is 1.07 bits per heavy atom. The molecule has 2 aromatic carbocycles. The summed E-state index contributed by atoms with van der Waals surface area (Å²) in [6.45, 7) is 2.03. The summed E-state index contributed by atoms with van der Waals surface area (Å²) in [5.74, 6) is -0.0156. The van der Waals surface area contributed by atoms with Gasteiger partial charge in [0.2, 0.25) is 5.91 Å². The summed E-state index contributed by atoms with van der Waals surface area (Å²) >= 11 is 1.26. The largest absolute Gasteiger partial charge is 0.325 e. The number of nitrogens with one attached hydrogen (secondary N) is 1. The van der Waals surface area contributed by atoms with Gasteiger partial charge in [0.25, 0.3) is 0 Å². The molecule has 2 aromatic heterocycles. The highest BCUT2D eigenvalue weighted by molar-refractivity contribution is 8.00. The number of carbonyl (C=O) groups excluding carboxylic acids is 1. The molecule has 30 heavy (non-hydrogen) atoms. The molecule has 0 aliphatic carbocycles. The Kier molecular flexibility index (Phi) is 5.73. The number of hydrogen-bond acceptors (Lipinski definition) is 5. The average Bonchev–Trinajstić information content (AvgIpc) is 2.78. The first-order valence-corrected chi connectivity index (χ1v) is 10.4. The number of nitrogens with zero attached hydrogens (tertiary/aromatic N) is 3. The number of carbonyl (C=O) groups is 1. The lowest BCUT2D eigenvalue weighted by molar-refractivity contribution is -0.113. The van der Waals surface area contributed by atoms with Crippen molar-refractivity contribution < 1.29 is 4.79 Å². The third kappa shape index (κ3) is 4.32. The molecule has 0 saturated carbocycles. The van der Waals surface area contributed by atoms with E-state index in [9.17, 15) is 10.1 Å². The molecule has 0 radical (unpaired) electrons. The highest BCUT2D eigenvalue weighted by Gasteiger charge is 2.12. The number of aromatic nitrogens is 2. The van der Waals surface area contributed by atoms with Crippen molar-refractivity contribution in [3.8, 4) is 17.3 Å². The Hall–Kier alpha value is -3.69. The topological polar surface area (TPSA) is 78.7 Å². The van der Waals surface area contributed by atoms with E-state index in [4.69, 9.17) is 0 Å². The predicted octanol–water partition coefficient (Wildman–Crippen LogP) is 5.21. The second-order valence-corrected chi connectivity index (χ2v) is 7.70. The predicted molar refractivity (Wildman–Crippen MR) is 120 cm³/mol. The van der Waals surface area contributed by atoms with Gasteiger partial charge in [-0.1, -0.05) is 47.7 Å². The van der Waals surface area contributed by atoms with Gasteiger partial charge in [-0.05, 0) is 43.3 Å². The third-order valence-electron chi connectivity index (χ3n) is 4.59. The Bertz CT molecular complexity index is 1260. The van der Waals surface area contributed by atoms with Gasteiger partial charge in [0.1, 0.15) is 11.1 Å². The molecule has 0 atom stereocenters. The molecule has 0 spiro atoms. The number of thioether (sulfide) groups is 1. The minimum atomic E-state index is -0.164. The number of aryl methyl sites for hydroxylation is 1. The van der Waals surface area contributed by atoms with Crippen LogP contribution in [-0.4, -0.2) is 21.6 Å². The number of rotatable bonds is 5. The van der Waals surface area contributed by atoms with Crippen molar-refractivity contribution in [2.24, 2.45) is 0 Å². The zero-order valence-corrected chi connectivity index (χ0v) is 17.1. The monoisotopic (exact) mass is 410 g/mol. The van der Waals surface area contributed by atoms with Gasteiger partial charge in [0.15, 0.2) is 0 Å². The van der Waals surface area contributed by atoms with Gasteiger partial charge >= 0.3 is 0 Å². The minimum absolute atomic E-state index is 0.148. The van der Waals surface area contributed by atoms with Gasteiger partial charge in [-0.15, -0.1) is 0 Å². The van der Waals surface area contributed by atoms with Crippen molar-refractivity contribution >= 4 is 34.3 Å². The fraction of sp³-hybridized carbons (Fsp3) is 0.0833. The second-order valence-electron chi connectivity index (χ2n) is 6.74. The van der Waals surface area contributed by atoms with E-state index in [0.717, 1.165) is 22.2 Å². The van der Waals surface area contributed by atoms with Gasteiger partial charge in [-0.3, -0.25) is 9.78 Å². The Labute approximate surface area is 178 Å². The van der Waals surface area contributed by atoms with Crippen LogP contribution in [0, 0.1) is 18.3 Å². The van der Waals surface area contributed by atoms with Crippen LogP contribution in [-0.2, 0) is 4.79 Å². The molecule has 0 aliphatic rings. The van der Waals surface area contributed by atoms with Crippen LogP contribution in [0.1, 0.15) is 11.1 Å². The maximum atomic E-state index is 12.6. The van der Waals surface area contributed by atoms with Crippen molar-refractivity contribution in [1.29, 1.82) is 5.26 Å². The van der Waals surface area contributed by atoms with Gasteiger partial charge in [-0.25, -0.2) is 4.98 Å². The van der Waals surface area contributed by atoms with Crippen LogP contribution in [0.2, 0.25) is 0 Å². The van der Waals surface area contributed by atoms with E-state index in [-0.39, 0.29) is 11.7 Å². The van der Waals surface area contributed by atoms with Crippen LogP contribution in [0.4, 0.5) is 5.69 Å². The fourth-order valence-corrected chi connectivity index (χ4v) is 3.83. The van der Waals surface area contributed by atoms with Crippen molar-refractivity contribution in [3.63, 3.8) is 0 Å². The molecule has 2 heterocycles. The lowest BCUT2D eigenvalue weighted by Gasteiger charge is -2.09. The van der Waals surface area contributed by atoms with E-state index in [0.29, 0.717) is 16.3 Å². The van der Waals surface area contributed by atoms with Crippen LogP contribution in [0.15, 0.2) is 78.0 Å². The maximum Gasteiger partial charge on any atom is 0.234 e. The third-order valence-corrected chi connectivity index (χ3v) is 5.58. The molecule has 4 aromatic rings. The summed E-state index contributed by atoms with van der Waals surface area (Å²) < 4.78 is 0. The molecule has 1 amide bonds. The number of pyridine rings is 2. The highest BCUT2D eigenvalue weighted by Crippen LogP contribution is 2.26. The summed E-state index contributed by atoms with van der Waals surface area (Å²) in [5, 5.41) is 13.8. The number of fused-ring (bicyclic) bond motifs is 1. The van der Waals surface area contributed by atoms with Gasteiger partial charge in [0, 0.05) is 17.1 Å². The molecular weight excluding hydrogens is 392 g/mol. The van der Waals surface area contributed by atoms with Gasteiger partial charge in [0.05, 0.1) is 28.2 Å². The quantitative estimate of drug-likeness (QED) is 0.457. The Morgan fingerprint density at radius 2 is 1.90 bits per heavy atom. The SMILES string of the molecule is Cc1ccc(-c2ccc(C#N)c(SCC(=O)Nc3cccc4ncccc34)n2)cc1. The zero-order valence-electron chi connectivity index (χ0n) is 16.3. The van der Waals surface area contributed by atoms with Crippen molar-refractivity contribution in [2.75, 3.05) is 11.1 Å². The molecule has 0 aliphatic heterocycles. The van der Waals surface area contributed by atoms with E-state index < -0.39 is 0 Å². The average molecular weight is 411 g/mol. The normalized spacial score (nSPS) is 10.5. The molecule has 0 bridgehead atoms. The van der Waals surface area contributed by atoms with E-state index >= 15 is 0 Å². The number of benzene rings is 2. The second kappa shape index (κ2) is 8.76. The lowest BCUT2D eigenvalue weighted by Crippen LogP contribution is -2.14. The van der Waals surface area contributed by atoms with Crippen LogP contribution in [0.3, 0.4) is 0 Å². The molecule has 6 heteroatoms. The smallest absolute Gasteiger partial charge is 0.234 e. The van der Waals surface area contributed by atoms with Crippen molar-refractivity contribution in [3.05, 3.63) is 84.1 Å². The van der Waals surface area contributed by atoms with Crippen LogP contribution < -0.4 is 5.32 Å². The zero-order chi connectivity index (χ0) is 20.9. The summed E-state index contributed by atoms with van der Waals surface area (Å²) in [6, 6.07) is 23.2. The molecule has 0 saturated heterocycles. The van der Waals surface area contributed by atoms with Crippen LogP contribution in [0.5, 0.6) is 0 Å². The van der Waals surface area contributed by atoms with Gasteiger partial charge in [-0.2, -0.15) is 5.26 Å². The molecule has 5 nitrogen and oxygen atoms in total. The van der Waals surface area contributed by atoms with Crippen molar-refractivity contribution in [1.82, 2.24) is 9.97 Å². The molecule has 0 fully saturated rings. The maximum absolute atomic E-state index is 12.6. The molecule has 4 rings (SSSR count). The van der Waals surface area contributed by atoms with E-state index in [2.05, 4.69) is 21.4 Å². The number of nitriles is 1. The summed E-state index contributed by atoms with van der Waals surface area (Å²) in [5.41, 5.74) is 4.91. The molecule has 1 N–H and O–H groups in total. The Balaban J connectivity index is 1.51. The van der Waals surface area contributed by atoms with Gasteiger partial charge < -0.3 is 5.32 Å². The number of amides is 1. The molecule has 146 valence electrons. The first-order chi connectivity index (χ1) is 14.6. The van der Waals surface area contributed by atoms with Crippen LogP contribution >= 0.6 is 11.8 Å². The first-order valence-electron chi connectivity index (χ1n) is 9.38. The summed E-state index contributed by atoms with van der Waals surface area (Å²) in [6.07, 6.45) is 1.72. The fourth-order valence-electron chi connectivity index (χ4n) is 3.05. The molecule has 0 unspecified atom stereocenters. The number of anilines is 1. The lowest BCUT2D eigenvalue weighted by atomic mass is 10.1. The molecular formula is C24H18N4OS. The number of hydrogen-bond donors (Lipinski definition) is 1. The summed E-state index contributed by atoms with van der Waals surface area (Å²) in [7, 11) is 0. The van der Waals surface area contributed by atoms with Crippen LogP contribution in [0.25, 0.3) is 22.2 Å². The first kappa shape index (κ1) is 19.6.